The van der Waals surface area contributed by atoms with E-state index < -0.39 is 4.92 Å². The summed E-state index contributed by atoms with van der Waals surface area (Å²) >= 11 is 11.6. The van der Waals surface area contributed by atoms with Gasteiger partial charge in [0.15, 0.2) is 5.65 Å². The molecule has 0 atom stereocenters. The molecule has 0 fully saturated rings. The van der Waals surface area contributed by atoms with Gasteiger partial charge in [-0.25, -0.2) is 9.97 Å². The third kappa shape index (κ3) is 2.06. The Labute approximate surface area is 121 Å². The highest BCUT2D eigenvalue weighted by Gasteiger charge is 2.17. The molecule has 7 nitrogen and oxygen atoms in total. The standard InChI is InChI=1S/C11H5Cl2N5O2/c12-6-2-1-5(3-7(6)18(19)20)8-9-10(15-4-14-9)17-11(13)16-8/h1-4H,(H,14,15,16,17). The molecule has 2 heterocycles. The fourth-order valence-electron chi connectivity index (χ4n) is 1.81. The van der Waals surface area contributed by atoms with E-state index in [-0.39, 0.29) is 16.0 Å². The second-order valence-electron chi connectivity index (χ2n) is 3.86. The van der Waals surface area contributed by atoms with Crippen molar-refractivity contribution in [1.82, 2.24) is 19.9 Å². The molecule has 9 heteroatoms. The Bertz CT molecular complexity index is 833. The number of nitrogens with one attached hydrogen (secondary N) is 1. The summed E-state index contributed by atoms with van der Waals surface area (Å²) in [6, 6.07) is 4.38. The average Bonchev–Trinajstić information content (AvgIpc) is 2.86. The minimum Gasteiger partial charge on any atom is -0.329 e. The lowest BCUT2D eigenvalue weighted by molar-refractivity contribution is -0.384. The van der Waals surface area contributed by atoms with E-state index in [0.717, 1.165) is 0 Å². The normalized spacial score (nSPS) is 10.9. The molecule has 1 N–H and O–H groups in total. The topological polar surface area (TPSA) is 97.6 Å². The molecule has 0 radical (unpaired) electrons. The van der Waals surface area contributed by atoms with E-state index in [1.54, 1.807) is 6.07 Å². The quantitative estimate of drug-likeness (QED) is 0.445. The van der Waals surface area contributed by atoms with E-state index in [1.165, 1.54) is 18.5 Å². The summed E-state index contributed by atoms with van der Waals surface area (Å²) in [7, 11) is 0. The van der Waals surface area contributed by atoms with Gasteiger partial charge in [0.1, 0.15) is 16.2 Å². The van der Waals surface area contributed by atoms with Crippen LogP contribution in [-0.4, -0.2) is 24.9 Å². The molecule has 100 valence electrons. The van der Waals surface area contributed by atoms with Crippen LogP contribution in [0.15, 0.2) is 24.5 Å². The van der Waals surface area contributed by atoms with E-state index in [4.69, 9.17) is 23.2 Å². The molecule has 2 aromatic heterocycles. The molecule has 0 unspecified atom stereocenters. The number of halogens is 2. The van der Waals surface area contributed by atoms with E-state index in [9.17, 15) is 10.1 Å². The number of rotatable bonds is 2. The molecule has 0 aliphatic heterocycles. The lowest BCUT2D eigenvalue weighted by Crippen LogP contribution is -1.93. The number of aromatic amines is 1. The van der Waals surface area contributed by atoms with Crippen molar-refractivity contribution in [3.8, 4) is 11.3 Å². The number of benzene rings is 1. The van der Waals surface area contributed by atoms with Gasteiger partial charge in [-0.1, -0.05) is 17.7 Å². The molecule has 3 rings (SSSR count). The zero-order valence-electron chi connectivity index (χ0n) is 9.67. The number of aromatic nitrogens is 4. The van der Waals surface area contributed by atoms with Crippen molar-refractivity contribution in [3.05, 3.63) is 44.9 Å². The van der Waals surface area contributed by atoms with Crippen molar-refractivity contribution in [2.75, 3.05) is 0 Å². The van der Waals surface area contributed by atoms with Crippen LogP contribution >= 0.6 is 23.2 Å². The Morgan fingerprint density at radius 1 is 1.25 bits per heavy atom. The number of nitro groups is 1. The molecule has 0 amide bonds. The molecule has 0 bridgehead atoms. The highest BCUT2D eigenvalue weighted by molar-refractivity contribution is 6.32. The summed E-state index contributed by atoms with van der Waals surface area (Å²) in [5.74, 6) is 0. The second-order valence-corrected chi connectivity index (χ2v) is 4.61. The molecule has 0 saturated carbocycles. The number of nitro benzene ring substituents is 1. The maximum Gasteiger partial charge on any atom is 0.288 e. The molecular weight excluding hydrogens is 305 g/mol. The predicted octanol–water partition coefficient (Wildman–Crippen LogP) is 3.23. The molecule has 0 aliphatic rings. The number of hydrogen-bond acceptors (Lipinski definition) is 5. The second kappa shape index (κ2) is 4.69. The lowest BCUT2D eigenvalue weighted by Gasteiger charge is -2.03. The van der Waals surface area contributed by atoms with Crippen LogP contribution in [0.4, 0.5) is 5.69 Å². The first kappa shape index (κ1) is 12.8. The Balaban J connectivity index is 2.28. The van der Waals surface area contributed by atoms with Gasteiger partial charge in [0.05, 0.1) is 11.3 Å². The third-order valence-corrected chi connectivity index (χ3v) is 3.16. The van der Waals surface area contributed by atoms with Gasteiger partial charge in [-0.15, -0.1) is 0 Å². The monoisotopic (exact) mass is 309 g/mol. The van der Waals surface area contributed by atoms with Crippen molar-refractivity contribution in [1.29, 1.82) is 0 Å². The van der Waals surface area contributed by atoms with Gasteiger partial charge in [0.25, 0.3) is 5.69 Å². The SMILES string of the molecule is O=[N+]([O-])c1cc(-c2nc(Cl)nc3[nH]cnc23)ccc1Cl. The van der Waals surface area contributed by atoms with Gasteiger partial charge in [-0.05, 0) is 17.7 Å². The van der Waals surface area contributed by atoms with E-state index in [0.29, 0.717) is 22.4 Å². The average molecular weight is 310 g/mol. The predicted molar refractivity (Wildman–Crippen MR) is 73.8 cm³/mol. The molecule has 0 saturated heterocycles. The number of nitrogens with zero attached hydrogens (tertiary/aromatic N) is 4. The first-order chi connectivity index (χ1) is 9.56. The van der Waals surface area contributed by atoms with Gasteiger partial charge in [-0.3, -0.25) is 10.1 Å². The summed E-state index contributed by atoms with van der Waals surface area (Å²) in [6.45, 7) is 0. The number of H-pyrrole nitrogens is 1. The van der Waals surface area contributed by atoms with Gasteiger partial charge in [0.2, 0.25) is 5.28 Å². The summed E-state index contributed by atoms with van der Waals surface area (Å²) in [6.07, 6.45) is 1.45. The van der Waals surface area contributed by atoms with Crippen LogP contribution in [0.2, 0.25) is 10.3 Å². The summed E-state index contributed by atoms with van der Waals surface area (Å²) in [4.78, 5) is 25.3. The van der Waals surface area contributed by atoms with Crippen LogP contribution in [0.5, 0.6) is 0 Å². The lowest BCUT2D eigenvalue weighted by atomic mass is 10.1. The van der Waals surface area contributed by atoms with Crippen LogP contribution in [-0.2, 0) is 0 Å². The molecule has 0 aliphatic carbocycles. The summed E-state index contributed by atoms with van der Waals surface area (Å²) in [5.41, 5.74) is 1.62. The molecule has 0 spiro atoms. The van der Waals surface area contributed by atoms with E-state index >= 15 is 0 Å². The van der Waals surface area contributed by atoms with E-state index in [2.05, 4.69) is 19.9 Å². The molecule has 3 aromatic rings. The molecular formula is C11H5Cl2N5O2. The number of hydrogen-bond donors (Lipinski definition) is 1. The van der Waals surface area contributed by atoms with Crippen molar-refractivity contribution < 1.29 is 4.92 Å². The third-order valence-electron chi connectivity index (χ3n) is 2.67. The minimum atomic E-state index is -0.559. The van der Waals surface area contributed by atoms with Crippen LogP contribution in [0.3, 0.4) is 0 Å². The molecule has 20 heavy (non-hydrogen) atoms. The van der Waals surface area contributed by atoms with Crippen LogP contribution < -0.4 is 0 Å². The van der Waals surface area contributed by atoms with Crippen molar-refractivity contribution in [2.24, 2.45) is 0 Å². The Kier molecular flexibility index (Phi) is 3.00. The smallest absolute Gasteiger partial charge is 0.288 e. The van der Waals surface area contributed by atoms with Gasteiger partial charge < -0.3 is 4.98 Å². The first-order valence-corrected chi connectivity index (χ1v) is 6.13. The fourth-order valence-corrected chi connectivity index (χ4v) is 2.17. The zero-order chi connectivity index (χ0) is 14.3. The first-order valence-electron chi connectivity index (χ1n) is 5.37. The van der Waals surface area contributed by atoms with Crippen LogP contribution in [0, 0.1) is 10.1 Å². The zero-order valence-corrected chi connectivity index (χ0v) is 11.2. The minimum absolute atomic E-state index is 0.0225. The number of fused-ring (bicyclic) bond motifs is 1. The summed E-state index contributed by atoms with van der Waals surface area (Å²) in [5, 5.41) is 11.0. The largest absolute Gasteiger partial charge is 0.329 e. The van der Waals surface area contributed by atoms with Gasteiger partial charge >= 0.3 is 0 Å². The van der Waals surface area contributed by atoms with Crippen molar-refractivity contribution in [3.63, 3.8) is 0 Å². The van der Waals surface area contributed by atoms with Crippen LogP contribution in [0.1, 0.15) is 0 Å². The molecule has 1 aromatic carbocycles. The summed E-state index contributed by atoms with van der Waals surface area (Å²) < 4.78 is 0. The highest BCUT2D eigenvalue weighted by Crippen LogP contribution is 2.32. The Morgan fingerprint density at radius 2 is 2.05 bits per heavy atom. The van der Waals surface area contributed by atoms with E-state index in [1.807, 2.05) is 0 Å². The van der Waals surface area contributed by atoms with Crippen molar-refractivity contribution in [2.45, 2.75) is 0 Å². The highest BCUT2D eigenvalue weighted by atomic mass is 35.5. The maximum atomic E-state index is 10.9. The van der Waals surface area contributed by atoms with Gasteiger partial charge in [-0.2, -0.15) is 4.98 Å². The van der Waals surface area contributed by atoms with Crippen LogP contribution in [0.25, 0.3) is 22.4 Å². The van der Waals surface area contributed by atoms with Gasteiger partial charge in [0, 0.05) is 11.6 Å². The fraction of sp³-hybridized carbons (Fsp3) is 0. The maximum absolute atomic E-state index is 10.9. The number of imidazole rings is 1. The van der Waals surface area contributed by atoms with Crippen molar-refractivity contribution >= 4 is 40.1 Å². The Morgan fingerprint density at radius 3 is 2.80 bits per heavy atom. The Hall–Kier alpha value is -2.25.